The van der Waals surface area contributed by atoms with E-state index in [0.717, 1.165) is 6.07 Å². The number of carbonyl (C=O) groups excluding carboxylic acids is 1. The number of rotatable bonds is 6. The van der Waals surface area contributed by atoms with E-state index in [-0.39, 0.29) is 12.5 Å². The highest BCUT2D eigenvalue weighted by Gasteiger charge is 2.29. The molecule has 11 heteroatoms. The summed E-state index contributed by atoms with van der Waals surface area (Å²) in [6, 6.07) is 6.39. The summed E-state index contributed by atoms with van der Waals surface area (Å²) in [5.74, 6) is -1.02. The number of halogens is 3. The van der Waals surface area contributed by atoms with Gasteiger partial charge in [0.25, 0.3) is 11.8 Å². The van der Waals surface area contributed by atoms with Crippen molar-refractivity contribution in [1.29, 1.82) is 0 Å². The second-order valence-corrected chi connectivity index (χ2v) is 5.40. The van der Waals surface area contributed by atoms with E-state index in [1.165, 1.54) is 0 Å². The molecule has 8 nitrogen and oxygen atoms in total. The van der Waals surface area contributed by atoms with E-state index in [1.54, 1.807) is 36.6 Å². The van der Waals surface area contributed by atoms with E-state index in [9.17, 15) is 18.0 Å². The van der Waals surface area contributed by atoms with E-state index < -0.39 is 24.4 Å². The summed E-state index contributed by atoms with van der Waals surface area (Å²) in [6.45, 7) is 0.199. The fourth-order valence-corrected chi connectivity index (χ4v) is 2.11. The van der Waals surface area contributed by atoms with Gasteiger partial charge < -0.3 is 19.1 Å². The van der Waals surface area contributed by atoms with Crippen LogP contribution in [0, 0.1) is 6.92 Å². The van der Waals surface area contributed by atoms with Gasteiger partial charge in [-0.05, 0) is 24.2 Å². The lowest BCUT2D eigenvalue weighted by molar-refractivity contribution is -0.123. The zero-order valence-corrected chi connectivity index (χ0v) is 13.9. The van der Waals surface area contributed by atoms with Crippen molar-refractivity contribution in [3.8, 4) is 17.3 Å². The van der Waals surface area contributed by atoms with Crippen LogP contribution in [0.25, 0.3) is 11.4 Å². The van der Waals surface area contributed by atoms with Crippen LogP contribution < -0.4 is 10.1 Å². The van der Waals surface area contributed by atoms with Crippen LogP contribution in [0.15, 0.2) is 39.5 Å². The maximum absolute atomic E-state index is 12.1. The van der Waals surface area contributed by atoms with Crippen molar-refractivity contribution in [1.82, 2.24) is 20.6 Å². The number of nitrogens with one attached hydrogen (secondary N) is 1. The molecule has 1 amide bonds. The molecule has 0 fully saturated rings. The van der Waals surface area contributed by atoms with E-state index in [0.29, 0.717) is 22.7 Å². The predicted molar refractivity (Wildman–Crippen MR) is 83.7 cm³/mol. The molecule has 0 unspecified atom stereocenters. The number of amides is 1. The molecule has 3 heterocycles. The number of nitrogens with zero attached hydrogens (tertiary/aromatic N) is 3. The summed E-state index contributed by atoms with van der Waals surface area (Å²) >= 11 is 0. The second-order valence-electron chi connectivity index (χ2n) is 5.40. The Morgan fingerprint density at radius 1 is 1.26 bits per heavy atom. The zero-order chi connectivity index (χ0) is 19.4. The number of alkyl halides is 3. The van der Waals surface area contributed by atoms with Crippen molar-refractivity contribution in [3.63, 3.8) is 0 Å². The zero-order valence-electron chi connectivity index (χ0n) is 13.9. The van der Waals surface area contributed by atoms with Gasteiger partial charge in [-0.25, -0.2) is 0 Å². The standard InChI is InChI=1S/C16H13F3N4O4/c1-9-10(14(23-26-9)11-4-2-3-5-20-11)7-25-13-6-12(27-22-13)15(24)21-8-16(17,18)19/h2-6H,7-8H2,1H3,(H,21,24). The number of aryl methyl sites for hydroxylation is 1. The molecule has 0 aliphatic carbocycles. The molecule has 0 aromatic carbocycles. The molecule has 1 N–H and O–H groups in total. The first-order valence-electron chi connectivity index (χ1n) is 7.64. The van der Waals surface area contributed by atoms with Crippen molar-refractivity contribution < 1.29 is 31.7 Å². The van der Waals surface area contributed by atoms with Gasteiger partial charge in [0, 0.05) is 6.20 Å². The number of ether oxygens (including phenoxy) is 1. The topological polar surface area (TPSA) is 103 Å². The van der Waals surface area contributed by atoms with Crippen LogP contribution in [0.2, 0.25) is 0 Å². The molecule has 0 bridgehead atoms. The Morgan fingerprint density at radius 3 is 2.78 bits per heavy atom. The SMILES string of the molecule is Cc1onc(-c2ccccn2)c1COc1cc(C(=O)NCC(F)(F)F)on1. The highest BCUT2D eigenvalue weighted by atomic mass is 19.4. The van der Waals surface area contributed by atoms with Gasteiger partial charge in [0.2, 0.25) is 5.76 Å². The molecule has 0 saturated heterocycles. The predicted octanol–water partition coefficient (Wildman–Crippen LogP) is 2.90. The molecular weight excluding hydrogens is 369 g/mol. The van der Waals surface area contributed by atoms with Gasteiger partial charge in [-0.1, -0.05) is 11.2 Å². The molecule has 0 aliphatic heterocycles. The smallest absolute Gasteiger partial charge is 0.405 e. The van der Waals surface area contributed by atoms with Gasteiger partial charge in [-0.2, -0.15) is 13.2 Å². The van der Waals surface area contributed by atoms with Crippen LogP contribution in [-0.2, 0) is 6.61 Å². The second kappa shape index (κ2) is 7.48. The maximum Gasteiger partial charge on any atom is 0.405 e. The summed E-state index contributed by atoms with van der Waals surface area (Å²) in [5.41, 5.74) is 1.68. The average molecular weight is 382 g/mol. The van der Waals surface area contributed by atoms with E-state index >= 15 is 0 Å². The lowest BCUT2D eigenvalue weighted by Crippen LogP contribution is -2.33. The molecule has 0 spiro atoms. The number of pyridine rings is 1. The van der Waals surface area contributed by atoms with Crippen LogP contribution in [0.5, 0.6) is 5.88 Å². The number of hydrogen-bond acceptors (Lipinski definition) is 7. The van der Waals surface area contributed by atoms with Crippen LogP contribution in [0.4, 0.5) is 13.2 Å². The largest absolute Gasteiger partial charge is 0.470 e. The Kier molecular flexibility index (Phi) is 5.10. The van der Waals surface area contributed by atoms with Gasteiger partial charge in [-0.15, -0.1) is 0 Å². The summed E-state index contributed by atoms with van der Waals surface area (Å²) in [5, 5.41) is 9.13. The molecule has 3 aromatic heterocycles. The molecule has 0 aliphatic rings. The Hall–Kier alpha value is -3.37. The Balaban J connectivity index is 1.66. The molecule has 27 heavy (non-hydrogen) atoms. The Labute approximate surface area is 150 Å². The van der Waals surface area contributed by atoms with Gasteiger partial charge >= 0.3 is 6.18 Å². The monoisotopic (exact) mass is 382 g/mol. The third-order valence-electron chi connectivity index (χ3n) is 3.42. The highest BCUT2D eigenvalue weighted by Crippen LogP contribution is 2.25. The van der Waals surface area contributed by atoms with Gasteiger partial charge in [0.15, 0.2) is 0 Å². The van der Waals surface area contributed by atoms with Crippen LogP contribution in [0.1, 0.15) is 21.9 Å². The van der Waals surface area contributed by atoms with E-state index in [4.69, 9.17) is 13.8 Å². The van der Waals surface area contributed by atoms with Crippen molar-refractivity contribution >= 4 is 5.91 Å². The Bertz CT molecular complexity index is 921. The van der Waals surface area contributed by atoms with Crippen molar-refractivity contribution in [3.05, 3.63) is 47.5 Å². The summed E-state index contributed by atoms with van der Waals surface area (Å²) < 4.78 is 51.7. The third-order valence-corrected chi connectivity index (χ3v) is 3.42. The molecule has 0 saturated carbocycles. The first-order chi connectivity index (χ1) is 12.8. The first kappa shape index (κ1) is 18.4. The normalized spacial score (nSPS) is 11.4. The number of hydrogen-bond donors (Lipinski definition) is 1. The third kappa shape index (κ3) is 4.63. The summed E-state index contributed by atoms with van der Waals surface area (Å²) in [6.07, 6.45) is -2.92. The average Bonchev–Trinajstić information content (AvgIpc) is 3.25. The lowest BCUT2D eigenvalue weighted by Gasteiger charge is -2.05. The van der Waals surface area contributed by atoms with E-state index in [1.807, 2.05) is 0 Å². The van der Waals surface area contributed by atoms with Crippen molar-refractivity contribution in [2.45, 2.75) is 19.7 Å². The molecule has 3 rings (SSSR count). The maximum atomic E-state index is 12.1. The Morgan fingerprint density at radius 2 is 2.07 bits per heavy atom. The number of aromatic nitrogens is 3. The first-order valence-corrected chi connectivity index (χ1v) is 7.64. The summed E-state index contributed by atoms with van der Waals surface area (Å²) in [4.78, 5) is 15.8. The number of carbonyl (C=O) groups is 1. The molecule has 0 radical (unpaired) electrons. The fraction of sp³-hybridized carbons (Fsp3) is 0.250. The van der Waals surface area contributed by atoms with Crippen molar-refractivity contribution in [2.24, 2.45) is 0 Å². The van der Waals surface area contributed by atoms with Crippen molar-refractivity contribution in [2.75, 3.05) is 6.54 Å². The van der Waals surface area contributed by atoms with Gasteiger partial charge in [0.05, 0.1) is 17.3 Å². The van der Waals surface area contributed by atoms with Gasteiger partial charge in [0.1, 0.15) is 24.6 Å². The lowest BCUT2D eigenvalue weighted by atomic mass is 10.1. The van der Waals surface area contributed by atoms with Gasteiger partial charge in [-0.3, -0.25) is 9.78 Å². The van der Waals surface area contributed by atoms with E-state index in [2.05, 4.69) is 15.3 Å². The van der Waals surface area contributed by atoms with Crippen LogP contribution in [-0.4, -0.2) is 33.9 Å². The molecule has 0 atom stereocenters. The minimum absolute atomic E-state index is 0.0165. The fourth-order valence-electron chi connectivity index (χ4n) is 2.11. The van der Waals surface area contributed by atoms with Crippen LogP contribution in [0.3, 0.4) is 0 Å². The van der Waals surface area contributed by atoms with Crippen LogP contribution >= 0.6 is 0 Å². The summed E-state index contributed by atoms with van der Waals surface area (Å²) in [7, 11) is 0. The minimum atomic E-state index is -4.53. The molecule has 142 valence electrons. The highest BCUT2D eigenvalue weighted by molar-refractivity contribution is 5.91. The quantitative estimate of drug-likeness (QED) is 0.699. The minimum Gasteiger partial charge on any atom is -0.470 e. The molecular formula is C16H13F3N4O4. The molecule has 3 aromatic rings.